The predicted octanol–water partition coefficient (Wildman–Crippen LogP) is 1.74. The fourth-order valence-electron chi connectivity index (χ4n) is 1.78. The molecule has 0 aliphatic carbocycles. The van der Waals surface area contributed by atoms with E-state index in [2.05, 4.69) is 4.72 Å². The third-order valence-corrected chi connectivity index (χ3v) is 5.71. The molecule has 8 heteroatoms. The lowest BCUT2D eigenvalue weighted by Gasteiger charge is -2.06. The lowest BCUT2D eigenvalue weighted by molar-refractivity contribution is 0.174. The number of hydrogen-bond donors (Lipinski definition) is 2. The van der Waals surface area contributed by atoms with Crippen molar-refractivity contribution in [3.63, 3.8) is 0 Å². The SMILES string of the molecule is NCc1ccc(S(=O)(=O)Nc2ccc3c(c2)OCO3)s1. The van der Waals surface area contributed by atoms with Crippen molar-refractivity contribution < 1.29 is 17.9 Å². The number of ether oxygens (including phenoxy) is 2. The summed E-state index contributed by atoms with van der Waals surface area (Å²) >= 11 is 1.15. The Morgan fingerprint density at radius 1 is 1.20 bits per heavy atom. The minimum Gasteiger partial charge on any atom is -0.454 e. The van der Waals surface area contributed by atoms with Gasteiger partial charge in [0.15, 0.2) is 11.5 Å². The van der Waals surface area contributed by atoms with Gasteiger partial charge in [-0.2, -0.15) is 0 Å². The molecule has 1 aliphatic heterocycles. The molecular weight excluding hydrogens is 300 g/mol. The molecule has 0 bridgehead atoms. The Morgan fingerprint density at radius 3 is 2.75 bits per heavy atom. The third kappa shape index (κ3) is 2.45. The van der Waals surface area contributed by atoms with E-state index < -0.39 is 10.0 Å². The van der Waals surface area contributed by atoms with Gasteiger partial charge in [0.1, 0.15) is 4.21 Å². The van der Waals surface area contributed by atoms with Crippen LogP contribution in [0.25, 0.3) is 0 Å². The van der Waals surface area contributed by atoms with Gasteiger partial charge in [-0.25, -0.2) is 8.42 Å². The summed E-state index contributed by atoms with van der Waals surface area (Å²) in [6, 6.07) is 8.14. The van der Waals surface area contributed by atoms with Gasteiger partial charge in [0.05, 0.1) is 5.69 Å². The summed E-state index contributed by atoms with van der Waals surface area (Å²) in [7, 11) is -3.60. The molecule has 20 heavy (non-hydrogen) atoms. The maximum absolute atomic E-state index is 12.2. The van der Waals surface area contributed by atoms with Crippen molar-refractivity contribution in [3.8, 4) is 11.5 Å². The van der Waals surface area contributed by atoms with Crippen molar-refractivity contribution in [3.05, 3.63) is 35.2 Å². The second kappa shape index (κ2) is 4.97. The zero-order valence-electron chi connectivity index (χ0n) is 10.3. The summed E-state index contributed by atoms with van der Waals surface area (Å²) in [5.74, 6) is 1.13. The molecule has 0 amide bonds. The second-order valence-electron chi connectivity index (χ2n) is 4.10. The van der Waals surface area contributed by atoms with Gasteiger partial charge in [0, 0.05) is 17.5 Å². The lowest BCUT2D eigenvalue weighted by atomic mass is 10.3. The van der Waals surface area contributed by atoms with E-state index in [1.165, 1.54) is 0 Å². The van der Waals surface area contributed by atoms with Gasteiger partial charge in [-0.3, -0.25) is 4.72 Å². The first kappa shape index (κ1) is 13.2. The molecule has 0 unspecified atom stereocenters. The van der Waals surface area contributed by atoms with Crippen LogP contribution < -0.4 is 19.9 Å². The highest BCUT2D eigenvalue weighted by molar-refractivity contribution is 7.94. The van der Waals surface area contributed by atoms with E-state index in [-0.39, 0.29) is 11.0 Å². The molecule has 6 nitrogen and oxygen atoms in total. The monoisotopic (exact) mass is 312 g/mol. The second-order valence-corrected chi connectivity index (χ2v) is 7.18. The predicted molar refractivity (Wildman–Crippen MR) is 75.6 cm³/mol. The summed E-state index contributed by atoms with van der Waals surface area (Å²) in [4.78, 5) is 0.816. The fourth-order valence-corrected chi connectivity index (χ4v) is 4.06. The fraction of sp³-hybridized carbons (Fsp3) is 0.167. The summed E-state index contributed by atoms with van der Waals surface area (Å²) in [5.41, 5.74) is 5.91. The van der Waals surface area contributed by atoms with Crippen LogP contribution in [-0.4, -0.2) is 15.2 Å². The van der Waals surface area contributed by atoms with E-state index in [4.69, 9.17) is 15.2 Å². The molecule has 2 heterocycles. The Hall–Kier alpha value is -1.77. The first-order valence-electron chi connectivity index (χ1n) is 5.80. The maximum Gasteiger partial charge on any atom is 0.271 e. The Kier molecular flexibility index (Phi) is 3.28. The molecule has 3 rings (SSSR count). The van der Waals surface area contributed by atoms with Gasteiger partial charge < -0.3 is 15.2 Å². The van der Waals surface area contributed by atoms with Gasteiger partial charge in [-0.1, -0.05) is 0 Å². The van der Waals surface area contributed by atoms with Crippen molar-refractivity contribution in [1.29, 1.82) is 0 Å². The van der Waals surface area contributed by atoms with Gasteiger partial charge in [-0.15, -0.1) is 11.3 Å². The smallest absolute Gasteiger partial charge is 0.271 e. The molecule has 106 valence electrons. The Labute approximate surface area is 120 Å². The Balaban J connectivity index is 1.86. The molecule has 0 saturated carbocycles. The number of thiophene rings is 1. The highest BCUT2D eigenvalue weighted by Crippen LogP contribution is 2.35. The van der Waals surface area contributed by atoms with Crippen LogP contribution in [0.2, 0.25) is 0 Å². The third-order valence-electron chi connectivity index (χ3n) is 2.73. The van der Waals surface area contributed by atoms with Crippen LogP contribution in [0.4, 0.5) is 5.69 Å². The van der Waals surface area contributed by atoms with E-state index in [1.54, 1.807) is 30.3 Å². The molecule has 0 saturated heterocycles. The van der Waals surface area contributed by atoms with E-state index in [0.29, 0.717) is 23.7 Å². The minimum absolute atomic E-state index is 0.149. The van der Waals surface area contributed by atoms with Crippen LogP contribution in [0.1, 0.15) is 4.88 Å². The average molecular weight is 312 g/mol. The van der Waals surface area contributed by atoms with Crippen LogP contribution in [0.15, 0.2) is 34.5 Å². The topological polar surface area (TPSA) is 90.7 Å². The largest absolute Gasteiger partial charge is 0.454 e. The maximum atomic E-state index is 12.2. The molecule has 1 aliphatic rings. The van der Waals surface area contributed by atoms with Gasteiger partial charge >= 0.3 is 0 Å². The van der Waals surface area contributed by atoms with Crippen molar-refractivity contribution >= 4 is 27.0 Å². The number of anilines is 1. The van der Waals surface area contributed by atoms with Crippen molar-refractivity contribution in [2.24, 2.45) is 5.73 Å². The lowest BCUT2D eigenvalue weighted by Crippen LogP contribution is -2.11. The van der Waals surface area contributed by atoms with Crippen molar-refractivity contribution in [1.82, 2.24) is 0 Å². The number of hydrogen-bond acceptors (Lipinski definition) is 6. The van der Waals surface area contributed by atoms with E-state index >= 15 is 0 Å². The average Bonchev–Trinajstić information content (AvgIpc) is 3.06. The zero-order valence-corrected chi connectivity index (χ0v) is 12.0. The summed E-state index contributed by atoms with van der Waals surface area (Å²) in [6.45, 7) is 0.473. The number of rotatable bonds is 4. The van der Waals surface area contributed by atoms with Crippen LogP contribution in [-0.2, 0) is 16.6 Å². The first-order chi connectivity index (χ1) is 9.58. The molecule has 0 atom stereocenters. The van der Waals surface area contributed by atoms with E-state index in [0.717, 1.165) is 16.2 Å². The highest BCUT2D eigenvalue weighted by atomic mass is 32.2. The number of fused-ring (bicyclic) bond motifs is 1. The quantitative estimate of drug-likeness (QED) is 0.897. The van der Waals surface area contributed by atoms with Gasteiger partial charge in [0.2, 0.25) is 6.79 Å². The molecule has 0 fully saturated rings. The van der Waals surface area contributed by atoms with Crippen molar-refractivity contribution in [2.75, 3.05) is 11.5 Å². The molecule has 0 spiro atoms. The van der Waals surface area contributed by atoms with Crippen molar-refractivity contribution in [2.45, 2.75) is 10.8 Å². The Morgan fingerprint density at radius 2 is 2.00 bits per heavy atom. The minimum atomic E-state index is -3.60. The standard InChI is InChI=1S/C12H12N2O4S2/c13-6-9-2-4-12(19-9)20(15,16)14-8-1-3-10-11(5-8)18-7-17-10/h1-5,14H,6-7,13H2. The van der Waals surface area contributed by atoms with Crippen LogP contribution in [0.5, 0.6) is 11.5 Å². The highest BCUT2D eigenvalue weighted by Gasteiger charge is 2.19. The van der Waals surface area contributed by atoms with Gasteiger partial charge in [0.25, 0.3) is 10.0 Å². The van der Waals surface area contributed by atoms with Crippen LogP contribution >= 0.6 is 11.3 Å². The van der Waals surface area contributed by atoms with E-state index in [9.17, 15) is 8.42 Å². The molecule has 3 N–H and O–H groups in total. The van der Waals surface area contributed by atoms with E-state index in [1.807, 2.05) is 0 Å². The number of sulfonamides is 1. The zero-order chi connectivity index (χ0) is 14.2. The van der Waals surface area contributed by atoms with Crippen LogP contribution in [0.3, 0.4) is 0 Å². The molecule has 1 aromatic heterocycles. The molecular formula is C12H12N2O4S2. The molecule has 0 radical (unpaired) electrons. The number of benzene rings is 1. The molecule has 2 aromatic rings. The summed E-state index contributed by atoms with van der Waals surface area (Å²) < 4.78 is 37.6. The number of nitrogens with two attached hydrogens (primary N) is 1. The normalized spacial score (nSPS) is 13.4. The van der Waals surface area contributed by atoms with Gasteiger partial charge in [-0.05, 0) is 24.3 Å². The Bertz CT molecular complexity index is 740. The van der Waals surface area contributed by atoms with Crippen LogP contribution in [0, 0.1) is 0 Å². The molecule has 1 aromatic carbocycles. The summed E-state index contributed by atoms with van der Waals surface area (Å²) in [6.07, 6.45) is 0. The summed E-state index contributed by atoms with van der Waals surface area (Å²) in [5, 5.41) is 0. The number of nitrogens with one attached hydrogen (secondary N) is 1. The first-order valence-corrected chi connectivity index (χ1v) is 8.10.